The lowest BCUT2D eigenvalue weighted by Crippen LogP contribution is -2.26. The number of aromatic nitrogens is 2. The minimum absolute atomic E-state index is 0.103. The van der Waals surface area contributed by atoms with Crippen LogP contribution in [0.1, 0.15) is 52.7 Å². The zero-order valence-corrected chi connectivity index (χ0v) is 24.9. The summed E-state index contributed by atoms with van der Waals surface area (Å²) in [5.74, 6) is 0.919. The number of nitrogens with zero attached hydrogens (tertiary/aromatic N) is 4. The van der Waals surface area contributed by atoms with Gasteiger partial charge in [-0.1, -0.05) is 12.5 Å². The quantitative estimate of drug-likeness (QED) is 0.127. The average Bonchev–Trinajstić information content (AvgIpc) is 3.65. The van der Waals surface area contributed by atoms with Gasteiger partial charge in [-0.2, -0.15) is 5.10 Å². The molecule has 0 atom stereocenters. The van der Waals surface area contributed by atoms with Crippen LogP contribution in [0.15, 0.2) is 66.9 Å². The molecule has 0 bridgehead atoms. The summed E-state index contributed by atoms with van der Waals surface area (Å²) in [6, 6.07) is 4.31. The largest absolute Gasteiger partial charge is 0.402 e. The lowest BCUT2D eigenvalue weighted by atomic mass is 9.88. The molecule has 1 aromatic carbocycles. The highest BCUT2D eigenvalue weighted by molar-refractivity contribution is 7.98. The van der Waals surface area contributed by atoms with Gasteiger partial charge in [0, 0.05) is 59.9 Å². The summed E-state index contributed by atoms with van der Waals surface area (Å²) in [4.78, 5) is 11.1. The van der Waals surface area contributed by atoms with E-state index in [2.05, 4.69) is 34.4 Å². The van der Waals surface area contributed by atoms with E-state index in [4.69, 9.17) is 10.7 Å². The molecule has 2 aromatic rings. The van der Waals surface area contributed by atoms with Crippen LogP contribution < -0.4 is 16.0 Å². The molecule has 3 rings (SSSR count). The Kier molecular flexibility index (Phi) is 10.1. The number of benzene rings is 1. The molecule has 39 heavy (non-hydrogen) atoms. The first-order valence-electron chi connectivity index (χ1n) is 13.0. The molecule has 4 N–H and O–H groups in total. The molecular weight excluding hydrogens is 516 g/mol. The predicted octanol–water partition coefficient (Wildman–Crippen LogP) is 6.97. The number of hydrogen-bond acceptors (Lipinski definition) is 6. The number of allylic oxidation sites excluding steroid dienone is 5. The van der Waals surface area contributed by atoms with Crippen molar-refractivity contribution in [2.45, 2.75) is 58.8 Å². The Bertz CT molecular complexity index is 1360. The maximum atomic E-state index is 15.0. The number of amidine groups is 1. The molecule has 0 radical (unpaired) electrons. The van der Waals surface area contributed by atoms with Crippen molar-refractivity contribution in [3.05, 3.63) is 69.3 Å². The molecule has 210 valence electrons. The lowest BCUT2D eigenvalue weighted by molar-refractivity contribution is 0.578. The molecule has 0 amide bonds. The highest BCUT2D eigenvalue weighted by Crippen LogP contribution is 2.45. The summed E-state index contributed by atoms with van der Waals surface area (Å²) in [7, 11) is 3.40. The SMILES string of the molecule is CC/C(C)=C(C(\C=NC)=C(/C)N)/C(=C(\N=C(/C)N(C)c1cc(F)c(SC)cc1F)Nc1cc(C)[nH]n1)C1CC1. The highest BCUT2D eigenvalue weighted by atomic mass is 32.2. The van der Waals surface area contributed by atoms with E-state index in [-0.39, 0.29) is 16.5 Å². The van der Waals surface area contributed by atoms with Crippen LogP contribution >= 0.6 is 11.8 Å². The van der Waals surface area contributed by atoms with E-state index in [1.807, 2.05) is 19.9 Å². The number of rotatable bonds is 10. The Labute approximate surface area is 234 Å². The Morgan fingerprint density at radius 3 is 2.44 bits per heavy atom. The van der Waals surface area contributed by atoms with E-state index in [9.17, 15) is 4.39 Å². The molecule has 1 aliphatic rings. The van der Waals surface area contributed by atoms with E-state index >= 15 is 4.39 Å². The van der Waals surface area contributed by atoms with Gasteiger partial charge in [-0.3, -0.25) is 10.1 Å². The number of aromatic amines is 1. The number of aliphatic imine (C=N–C) groups is 2. The van der Waals surface area contributed by atoms with Gasteiger partial charge in [-0.05, 0) is 70.8 Å². The monoisotopic (exact) mass is 555 g/mol. The van der Waals surface area contributed by atoms with Gasteiger partial charge in [-0.15, -0.1) is 11.8 Å². The molecule has 0 spiro atoms. The lowest BCUT2D eigenvalue weighted by Gasteiger charge is -2.23. The van der Waals surface area contributed by atoms with Gasteiger partial charge in [0.2, 0.25) is 0 Å². The molecule has 1 aliphatic carbocycles. The fourth-order valence-electron chi connectivity index (χ4n) is 4.26. The second-order valence-electron chi connectivity index (χ2n) is 9.75. The number of nitrogens with one attached hydrogen (secondary N) is 2. The number of H-pyrrole nitrogens is 1. The van der Waals surface area contributed by atoms with Crippen molar-refractivity contribution in [2.75, 3.05) is 30.6 Å². The smallest absolute Gasteiger partial charge is 0.153 e. The maximum Gasteiger partial charge on any atom is 0.153 e. The third-order valence-electron chi connectivity index (χ3n) is 6.71. The van der Waals surface area contributed by atoms with E-state index < -0.39 is 11.6 Å². The number of halogens is 2. The van der Waals surface area contributed by atoms with Crippen molar-refractivity contribution in [2.24, 2.45) is 21.6 Å². The number of thioether (sulfide) groups is 1. The van der Waals surface area contributed by atoms with Gasteiger partial charge < -0.3 is 16.0 Å². The summed E-state index contributed by atoms with van der Waals surface area (Å²) >= 11 is 1.16. The molecular formula is C29H39F2N7S. The number of aryl methyl sites for hydroxylation is 1. The van der Waals surface area contributed by atoms with Crippen LogP contribution in [0.25, 0.3) is 0 Å². The first-order chi connectivity index (χ1) is 18.5. The molecule has 1 fully saturated rings. The van der Waals surface area contributed by atoms with Crippen LogP contribution in [0, 0.1) is 24.5 Å². The summed E-state index contributed by atoms with van der Waals surface area (Å²) in [5.41, 5.74) is 12.0. The van der Waals surface area contributed by atoms with Crippen LogP contribution in [-0.2, 0) is 0 Å². The van der Waals surface area contributed by atoms with Gasteiger partial charge >= 0.3 is 0 Å². The van der Waals surface area contributed by atoms with Crippen molar-refractivity contribution >= 4 is 35.3 Å². The van der Waals surface area contributed by atoms with E-state index in [0.29, 0.717) is 23.2 Å². The summed E-state index contributed by atoms with van der Waals surface area (Å²) in [5, 5.41) is 10.7. The van der Waals surface area contributed by atoms with Crippen molar-refractivity contribution in [3.63, 3.8) is 0 Å². The minimum Gasteiger partial charge on any atom is -0.402 e. The first kappa shape index (κ1) is 30.1. The van der Waals surface area contributed by atoms with Gasteiger partial charge in [0.05, 0.1) is 5.69 Å². The van der Waals surface area contributed by atoms with Crippen LogP contribution in [0.4, 0.5) is 20.3 Å². The molecule has 10 heteroatoms. The Hall–Kier alpha value is -3.40. The van der Waals surface area contributed by atoms with Crippen LogP contribution in [0.2, 0.25) is 0 Å². The number of anilines is 2. The minimum atomic E-state index is -0.521. The van der Waals surface area contributed by atoms with Crippen molar-refractivity contribution < 1.29 is 8.78 Å². The summed E-state index contributed by atoms with van der Waals surface area (Å²) in [6.07, 6.45) is 6.31. The summed E-state index contributed by atoms with van der Waals surface area (Å²) in [6.45, 7) is 9.76. The third kappa shape index (κ3) is 7.17. The van der Waals surface area contributed by atoms with E-state index in [1.54, 1.807) is 38.4 Å². The highest BCUT2D eigenvalue weighted by Gasteiger charge is 2.34. The van der Waals surface area contributed by atoms with E-state index in [0.717, 1.165) is 59.0 Å². The topological polar surface area (TPSA) is 94.7 Å². The van der Waals surface area contributed by atoms with Crippen LogP contribution in [0.5, 0.6) is 0 Å². The standard InChI is InChI=1S/C29H39F2N7S/c1-9-16(2)27(21(15-33-6)18(4)32)28(20-10-11-20)29(35-26-12-17(3)36-37-26)34-19(5)38(7)24-13-23(31)25(39-8)14-22(24)30/h12-15,20H,9-11,32H2,1-8H3,(H2,35,36,37)/b21-18+,27-16+,29-28+,33-15?,34-19+. The summed E-state index contributed by atoms with van der Waals surface area (Å²) < 4.78 is 29.6. The van der Waals surface area contributed by atoms with Gasteiger partial charge in [-0.25, -0.2) is 13.8 Å². The second-order valence-corrected chi connectivity index (χ2v) is 10.6. The predicted molar refractivity (Wildman–Crippen MR) is 161 cm³/mol. The molecule has 0 unspecified atom stereocenters. The fraction of sp³-hybridized carbons (Fsp3) is 0.414. The number of nitrogens with two attached hydrogens (primary N) is 1. The molecule has 7 nitrogen and oxygen atoms in total. The Balaban J connectivity index is 2.28. The zero-order chi connectivity index (χ0) is 28.9. The Morgan fingerprint density at radius 2 is 1.92 bits per heavy atom. The Morgan fingerprint density at radius 1 is 1.23 bits per heavy atom. The molecule has 1 heterocycles. The fourth-order valence-corrected chi connectivity index (χ4v) is 4.74. The van der Waals surface area contributed by atoms with Gasteiger partial charge in [0.15, 0.2) is 5.82 Å². The first-order valence-corrected chi connectivity index (χ1v) is 14.2. The second kappa shape index (κ2) is 13.1. The third-order valence-corrected chi connectivity index (χ3v) is 7.47. The van der Waals surface area contributed by atoms with Gasteiger partial charge in [0.25, 0.3) is 0 Å². The van der Waals surface area contributed by atoms with Gasteiger partial charge in [0.1, 0.15) is 23.3 Å². The average molecular weight is 556 g/mol. The number of hydrogen-bond donors (Lipinski definition) is 3. The normalized spacial score (nSPS) is 16.2. The van der Waals surface area contributed by atoms with Crippen molar-refractivity contribution in [3.8, 4) is 0 Å². The molecule has 1 saturated carbocycles. The van der Waals surface area contributed by atoms with Crippen molar-refractivity contribution in [1.29, 1.82) is 0 Å². The van der Waals surface area contributed by atoms with E-state index in [1.165, 1.54) is 12.1 Å². The van der Waals surface area contributed by atoms with Crippen LogP contribution in [-0.4, -0.2) is 42.6 Å². The van der Waals surface area contributed by atoms with Crippen LogP contribution in [0.3, 0.4) is 0 Å². The molecule has 0 aliphatic heterocycles. The van der Waals surface area contributed by atoms with Crippen molar-refractivity contribution in [1.82, 2.24) is 10.2 Å². The maximum absolute atomic E-state index is 15.0. The molecule has 1 aromatic heterocycles. The molecule has 0 saturated heterocycles. The zero-order valence-electron chi connectivity index (χ0n) is 24.0.